The summed E-state index contributed by atoms with van der Waals surface area (Å²) in [6.45, 7) is 4.01. The fourth-order valence-corrected chi connectivity index (χ4v) is 11.8. The third-order valence-electron chi connectivity index (χ3n) is 17.2. The van der Waals surface area contributed by atoms with Gasteiger partial charge in [-0.25, -0.2) is 0 Å². The quantitative estimate of drug-likeness (QED) is 0.0195. The van der Waals surface area contributed by atoms with E-state index in [0.717, 1.165) is 141 Å². The molecule has 0 rings (SSSR count). The number of unbranched alkanes of at least 4 members (excludes halogenated alkanes) is 32. The predicted molar refractivity (Wildman–Crippen MR) is 433 cm³/mol. The minimum Gasteiger partial charge on any atom is -0.756 e. The van der Waals surface area contributed by atoms with Crippen molar-refractivity contribution in [1.29, 1.82) is 0 Å². The monoisotopic (exact) mass is 1410 g/mol. The predicted octanol–water partition coefficient (Wildman–Crippen LogP) is 27.0. The van der Waals surface area contributed by atoms with Crippen molar-refractivity contribution in [2.75, 3.05) is 47.5 Å². The van der Waals surface area contributed by atoms with E-state index in [-0.39, 0.29) is 32.0 Å². The van der Waals surface area contributed by atoms with E-state index >= 15 is 0 Å². The molecule has 0 saturated heterocycles. The number of likely N-dealkylation sites (N-methyl/N-ethyl adjacent to an activating group) is 1. The van der Waals surface area contributed by atoms with E-state index in [1.807, 2.05) is 21.1 Å². The first-order valence-electron chi connectivity index (χ1n) is 40.8. The number of hydrogen-bond acceptors (Lipinski definition) is 8. The van der Waals surface area contributed by atoms with E-state index in [9.17, 15) is 19.0 Å². The Bertz CT molecular complexity index is 2300. The molecule has 0 radical (unpaired) electrons. The van der Waals surface area contributed by atoms with Gasteiger partial charge in [-0.05, 0) is 128 Å². The number of nitrogens with zero attached hydrogens (tertiary/aromatic N) is 1. The zero-order chi connectivity index (χ0) is 72.5. The van der Waals surface area contributed by atoms with Crippen LogP contribution in [0.2, 0.25) is 0 Å². The highest BCUT2D eigenvalue weighted by Crippen LogP contribution is 2.38. The number of rotatable bonds is 74. The molecule has 0 aliphatic carbocycles. The Balaban J connectivity index is 3.99. The minimum atomic E-state index is -4.66. The summed E-state index contributed by atoms with van der Waals surface area (Å²) in [7, 11) is 1.15. The molecule has 0 aromatic rings. The topological polar surface area (TPSA) is 111 Å². The first-order chi connectivity index (χ1) is 49.0. The van der Waals surface area contributed by atoms with Crippen LogP contribution in [0.1, 0.15) is 335 Å². The summed E-state index contributed by atoms with van der Waals surface area (Å²) in [5.41, 5.74) is 0. The Labute approximate surface area is 617 Å². The van der Waals surface area contributed by atoms with Gasteiger partial charge in [0.1, 0.15) is 19.8 Å². The number of quaternary nitrogens is 1. The molecule has 0 spiro atoms. The second-order valence-electron chi connectivity index (χ2n) is 28.0. The number of phosphoric acid groups is 1. The molecule has 0 saturated carbocycles. The van der Waals surface area contributed by atoms with Gasteiger partial charge in [-0.1, -0.05) is 364 Å². The molecular weight excluding hydrogens is 1250 g/mol. The highest BCUT2D eigenvalue weighted by atomic mass is 31.2. The van der Waals surface area contributed by atoms with Crippen molar-refractivity contribution in [1.82, 2.24) is 0 Å². The summed E-state index contributed by atoms with van der Waals surface area (Å²) < 4.78 is 34.4. The number of hydrogen-bond donors (Lipinski definition) is 0. The van der Waals surface area contributed by atoms with Crippen molar-refractivity contribution in [3.63, 3.8) is 0 Å². The van der Waals surface area contributed by atoms with Crippen LogP contribution >= 0.6 is 7.82 Å². The maximum atomic E-state index is 12.9. The minimum absolute atomic E-state index is 0.0392. The van der Waals surface area contributed by atoms with E-state index < -0.39 is 26.5 Å². The summed E-state index contributed by atoms with van der Waals surface area (Å²) in [5.74, 6) is -0.843. The fourth-order valence-electron chi connectivity index (χ4n) is 11.1. The van der Waals surface area contributed by atoms with E-state index in [1.165, 1.54) is 161 Å². The smallest absolute Gasteiger partial charge is 0.306 e. The largest absolute Gasteiger partial charge is 0.756 e. The molecule has 0 aromatic carbocycles. The van der Waals surface area contributed by atoms with Crippen LogP contribution < -0.4 is 4.89 Å². The molecule has 0 aliphatic heterocycles. The molecule has 570 valence electrons. The zero-order valence-corrected chi connectivity index (χ0v) is 66.0. The Morgan fingerprint density at radius 3 is 0.800 bits per heavy atom. The fraction of sp³-hybridized carbons (Fsp3) is 0.667. The molecule has 0 amide bonds. The molecule has 0 N–H and O–H groups in total. The van der Waals surface area contributed by atoms with Gasteiger partial charge in [0.05, 0.1) is 27.7 Å². The van der Waals surface area contributed by atoms with E-state index in [1.54, 1.807) is 0 Å². The Morgan fingerprint density at radius 2 is 0.540 bits per heavy atom. The number of carbonyl (C=O) groups excluding carboxylic acids is 2. The SMILES string of the molecule is CC/C=C\C/C=C\C/C=C\C/C=C\C/C=C\C/C=C\C/C=C\C/C=C\C/C=C\CCCCCCCCCC(=O)OC(COC(=O)CCCCCCCCCCCCCCCCCCCCCCCCCCC/C=C\C/C=C\C/C=C\C/C=C\C/C=C\CC)COP(=O)([O-])OCC[N+](C)(C)C. The lowest BCUT2D eigenvalue weighted by Crippen LogP contribution is -2.37. The van der Waals surface area contributed by atoms with Gasteiger partial charge in [-0.15, -0.1) is 0 Å². The average molecular weight is 1410 g/mol. The van der Waals surface area contributed by atoms with Crippen molar-refractivity contribution in [2.45, 2.75) is 341 Å². The van der Waals surface area contributed by atoms with Crippen molar-refractivity contribution >= 4 is 19.8 Å². The van der Waals surface area contributed by atoms with Crippen LogP contribution in [-0.4, -0.2) is 70.0 Å². The lowest BCUT2D eigenvalue weighted by atomic mass is 10.0. The zero-order valence-electron chi connectivity index (χ0n) is 65.1. The van der Waals surface area contributed by atoms with E-state index in [2.05, 4.69) is 184 Å². The first-order valence-corrected chi connectivity index (χ1v) is 42.3. The van der Waals surface area contributed by atoms with Gasteiger partial charge in [0, 0.05) is 12.8 Å². The van der Waals surface area contributed by atoms with Crippen LogP contribution in [0, 0.1) is 0 Å². The van der Waals surface area contributed by atoms with Crippen LogP contribution in [0.3, 0.4) is 0 Å². The molecular formula is C90H152NO8P. The number of allylic oxidation sites excluding steroid dienone is 28. The van der Waals surface area contributed by atoms with Gasteiger partial charge in [0.25, 0.3) is 7.82 Å². The Morgan fingerprint density at radius 1 is 0.310 bits per heavy atom. The standard InChI is InChI=1S/C90H152NO8P/c1-6-8-10-12-14-16-18-20-22-24-26-28-30-32-34-36-38-40-42-43-44-45-46-47-49-50-52-54-56-58-60-62-64-66-68-70-72-74-76-78-80-82-89(92)96-86-88(87-98-100(94,95)97-85-84-91(3,4)5)99-90(93)83-81-79-77-75-73-71-69-67-65-63-61-59-57-55-53-51-48-41-39-37-35-33-31-29-27-25-23-21-19-17-15-13-11-9-7-2/h8-11,14-17,20-23,26-29,32-35,39,41,51,53,57,59,63,65,88H,6-7,12-13,18-19,24-25,30-31,36-38,40,42-50,52,54-56,58,60-62,64,66-87H2,1-5H3/b10-8-,11-9-,16-14-,17-15-,22-20-,23-21-,28-26-,29-27-,34-32-,35-33-,41-39-,53-51-,59-57-,65-63-. The highest BCUT2D eigenvalue weighted by molar-refractivity contribution is 7.45. The van der Waals surface area contributed by atoms with Crippen molar-refractivity contribution < 1.29 is 42.1 Å². The molecule has 0 bridgehead atoms. The van der Waals surface area contributed by atoms with Crippen molar-refractivity contribution in [3.05, 3.63) is 170 Å². The molecule has 100 heavy (non-hydrogen) atoms. The number of esters is 2. The number of phosphoric ester groups is 1. The number of carbonyl (C=O) groups is 2. The second kappa shape index (κ2) is 78.5. The van der Waals surface area contributed by atoms with Gasteiger partial charge in [-0.3, -0.25) is 14.2 Å². The van der Waals surface area contributed by atoms with Crippen LogP contribution in [-0.2, 0) is 32.7 Å². The highest BCUT2D eigenvalue weighted by Gasteiger charge is 2.22. The van der Waals surface area contributed by atoms with Crippen LogP contribution in [0.4, 0.5) is 0 Å². The lowest BCUT2D eigenvalue weighted by molar-refractivity contribution is -0.870. The van der Waals surface area contributed by atoms with Crippen LogP contribution in [0.15, 0.2) is 170 Å². The van der Waals surface area contributed by atoms with Gasteiger partial charge >= 0.3 is 11.9 Å². The lowest BCUT2D eigenvalue weighted by Gasteiger charge is -2.28. The third-order valence-corrected chi connectivity index (χ3v) is 18.2. The van der Waals surface area contributed by atoms with Gasteiger partial charge in [0.15, 0.2) is 6.10 Å². The first kappa shape index (κ1) is 95.4. The van der Waals surface area contributed by atoms with Crippen LogP contribution in [0.5, 0.6) is 0 Å². The van der Waals surface area contributed by atoms with Gasteiger partial charge in [-0.2, -0.15) is 0 Å². The molecule has 0 aromatic heterocycles. The van der Waals surface area contributed by atoms with Gasteiger partial charge in [0.2, 0.25) is 0 Å². The second-order valence-corrected chi connectivity index (χ2v) is 29.4. The molecule has 10 heteroatoms. The Hall–Kier alpha value is -4.63. The van der Waals surface area contributed by atoms with Gasteiger partial charge < -0.3 is 27.9 Å². The molecule has 2 unspecified atom stereocenters. The third kappa shape index (κ3) is 82.3. The molecule has 0 heterocycles. The molecule has 0 aliphatic rings. The summed E-state index contributed by atoms with van der Waals surface area (Å²) in [5, 5.41) is 0. The average Bonchev–Trinajstić information content (AvgIpc) is 1.65. The van der Waals surface area contributed by atoms with Crippen molar-refractivity contribution in [3.8, 4) is 0 Å². The number of ether oxygens (including phenoxy) is 2. The maximum absolute atomic E-state index is 12.9. The molecule has 9 nitrogen and oxygen atoms in total. The van der Waals surface area contributed by atoms with E-state index in [4.69, 9.17) is 18.5 Å². The summed E-state index contributed by atoms with van der Waals surface area (Å²) in [4.78, 5) is 38.2. The maximum Gasteiger partial charge on any atom is 0.306 e. The Kier molecular flexibility index (Phi) is 74.9. The van der Waals surface area contributed by atoms with Crippen LogP contribution in [0.25, 0.3) is 0 Å². The van der Waals surface area contributed by atoms with Crippen molar-refractivity contribution in [2.24, 2.45) is 0 Å². The summed E-state index contributed by atoms with van der Waals surface area (Å²) in [6.07, 6.45) is 119. The molecule has 0 fully saturated rings. The molecule has 2 atom stereocenters. The normalized spacial score (nSPS) is 13.9. The van der Waals surface area contributed by atoms with E-state index in [0.29, 0.717) is 17.4 Å². The summed E-state index contributed by atoms with van der Waals surface area (Å²) in [6, 6.07) is 0. The summed E-state index contributed by atoms with van der Waals surface area (Å²) >= 11 is 0.